The van der Waals surface area contributed by atoms with Crippen molar-refractivity contribution < 1.29 is 4.79 Å². The summed E-state index contributed by atoms with van der Waals surface area (Å²) in [5, 5.41) is 1.20. The van der Waals surface area contributed by atoms with Crippen molar-refractivity contribution >= 4 is 57.6 Å². The summed E-state index contributed by atoms with van der Waals surface area (Å²) in [7, 11) is 0. The van der Waals surface area contributed by atoms with Gasteiger partial charge in [0, 0.05) is 23.5 Å². The molecule has 0 saturated heterocycles. The quantitative estimate of drug-likeness (QED) is 0.571. The molecule has 2 heterocycles. The molecule has 1 amide bonds. The number of rotatable bonds is 3. The van der Waals surface area contributed by atoms with Crippen LogP contribution in [0.5, 0.6) is 0 Å². The molecule has 0 unspecified atom stereocenters. The van der Waals surface area contributed by atoms with E-state index in [4.69, 9.17) is 28.9 Å². The molecule has 0 fully saturated rings. The molecule has 0 radical (unpaired) electrons. The predicted molar refractivity (Wildman–Crippen MR) is 93.4 cm³/mol. The topological polar surface area (TPSA) is 72.1 Å². The summed E-state index contributed by atoms with van der Waals surface area (Å²) in [4.78, 5) is 21.4. The van der Waals surface area contributed by atoms with Crippen LogP contribution in [0.25, 0.3) is 10.9 Å². The number of carbonyl (C=O) groups is 1. The fraction of sp³-hybridized carbons (Fsp3) is 0.0625. The van der Waals surface area contributed by atoms with E-state index < -0.39 is 0 Å². The number of amides is 1. The number of hydrogen-bond acceptors (Lipinski definition) is 4. The second-order valence-corrected chi connectivity index (χ2v) is 5.70. The van der Waals surface area contributed by atoms with Crippen LogP contribution in [0.4, 0.5) is 17.1 Å². The standard InChI is InChI=1S/C16H12Cl2N4O/c1-9-7-21-14-10(13(9)19)3-2-4-12(14)22(8-23)15-11(17)5-6-20-16(15)18/h2-8H,1H3,(H2,19,21). The Hall–Kier alpha value is -2.37. The maximum atomic E-state index is 11.7. The minimum atomic E-state index is 0.127. The van der Waals surface area contributed by atoms with Gasteiger partial charge in [0.2, 0.25) is 6.41 Å². The lowest BCUT2D eigenvalue weighted by molar-refractivity contribution is -0.106. The number of carbonyl (C=O) groups excluding carboxylic acids is 1. The molecule has 1 aromatic carbocycles. The van der Waals surface area contributed by atoms with Gasteiger partial charge in [-0.05, 0) is 24.6 Å². The number of halogens is 2. The summed E-state index contributed by atoms with van der Waals surface area (Å²) in [6, 6.07) is 6.96. The van der Waals surface area contributed by atoms with Crippen molar-refractivity contribution in [3.63, 3.8) is 0 Å². The zero-order valence-corrected chi connectivity index (χ0v) is 13.6. The van der Waals surface area contributed by atoms with Crippen molar-refractivity contribution in [3.05, 3.63) is 52.4 Å². The van der Waals surface area contributed by atoms with E-state index in [0.717, 1.165) is 10.9 Å². The molecule has 3 rings (SSSR count). The van der Waals surface area contributed by atoms with Gasteiger partial charge >= 0.3 is 0 Å². The molecule has 2 aromatic heterocycles. The van der Waals surface area contributed by atoms with Gasteiger partial charge in [0.1, 0.15) is 5.69 Å². The second kappa shape index (κ2) is 6.02. The van der Waals surface area contributed by atoms with Crippen LogP contribution in [0.3, 0.4) is 0 Å². The molecule has 0 aliphatic rings. The SMILES string of the molecule is Cc1cnc2c(N(C=O)c3c(Cl)ccnc3Cl)cccc2c1N. The zero-order chi connectivity index (χ0) is 16.6. The van der Waals surface area contributed by atoms with Gasteiger partial charge in [0.25, 0.3) is 0 Å². The van der Waals surface area contributed by atoms with Gasteiger partial charge in [0.05, 0.1) is 16.2 Å². The first-order chi connectivity index (χ1) is 11.0. The highest BCUT2D eigenvalue weighted by Crippen LogP contribution is 2.39. The summed E-state index contributed by atoms with van der Waals surface area (Å²) >= 11 is 12.3. The number of benzene rings is 1. The van der Waals surface area contributed by atoms with Crippen molar-refractivity contribution in [1.82, 2.24) is 9.97 Å². The Morgan fingerprint density at radius 3 is 2.70 bits per heavy atom. The van der Waals surface area contributed by atoms with E-state index in [2.05, 4.69) is 9.97 Å². The number of nitrogen functional groups attached to an aromatic ring is 1. The summed E-state index contributed by atoms with van der Waals surface area (Å²) in [5.41, 5.74) is 9.01. The van der Waals surface area contributed by atoms with Crippen molar-refractivity contribution in [2.45, 2.75) is 6.92 Å². The van der Waals surface area contributed by atoms with E-state index >= 15 is 0 Å². The highest BCUT2D eigenvalue weighted by molar-refractivity contribution is 6.39. The highest BCUT2D eigenvalue weighted by Gasteiger charge is 2.20. The van der Waals surface area contributed by atoms with Gasteiger partial charge in [-0.3, -0.25) is 14.7 Å². The van der Waals surface area contributed by atoms with Crippen LogP contribution in [0.1, 0.15) is 5.56 Å². The van der Waals surface area contributed by atoms with Crippen LogP contribution >= 0.6 is 23.2 Å². The normalized spacial score (nSPS) is 10.7. The third-order valence-corrected chi connectivity index (χ3v) is 4.13. The molecule has 0 saturated carbocycles. The van der Waals surface area contributed by atoms with E-state index in [-0.39, 0.29) is 5.15 Å². The Morgan fingerprint density at radius 1 is 1.22 bits per heavy atom. The third kappa shape index (κ3) is 2.58. The molecule has 116 valence electrons. The first-order valence-electron chi connectivity index (χ1n) is 6.73. The summed E-state index contributed by atoms with van der Waals surface area (Å²) in [6.45, 7) is 1.88. The Bertz CT molecular complexity index is 894. The average molecular weight is 347 g/mol. The lowest BCUT2D eigenvalue weighted by atomic mass is 10.1. The van der Waals surface area contributed by atoms with Crippen LogP contribution in [0, 0.1) is 6.92 Å². The van der Waals surface area contributed by atoms with Gasteiger partial charge in [-0.25, -0.2) is 4.98 Å². The first kappa shape index (κ1) is 15.5. The zero-order valence-electron chi connectivity index (χ0n) is 12.1. The maximum Gasteiger partial charge on any atom is 0.218 e. The predicted octanol–water partition coefficient (Wildman–Crippen LogP) is 4.12. The third-order valence-electron chi connectivity index (χ3n) is 3.55. The maximum absolute atomic E-state index is 11.7. The Labute approximate surface area is 142 Å². The second-order valence-electron chi connectivity index (χ2n) is 4.94. The molecule has 0 spiro atoms. The van der Waals surface area contributed by atoms with Gasteiger partial charge < -0.3 is 5.73 Å². The van der Waals surface area contributed by atoms with Crippen LogP contribution < -0.4 is 10.6 Å². The molecular weight excluding hydrogens is 335 g/mol. The van der Waals surface area contributed by atoms with Crippen molar-refractivity contribution in [1.29, 1.82) is 0 Å². The smallest absolute Gasteiger partial charge is 0.218 e. The Morgan fingerprint density at radius 2 is 2.00 bits per heavy atom. The number of nitrogens with zero attached hydrogens (tertiary/aromatic N) is 3. The number of anilines is 3. The summed E-state index contributed by atoms with van der Waals surface area (Å²) in [6.07, 6.45) is 3.76. The number of fused-ring (bicyclic) bond motifs is 1. The summed E-state index contributed by atoms with van der Waals surface area (Å²) < 4.78 is 0. The van der Waals surface area contributed by atoms with E-state index in [1.54, 1.807) is 24.4 Å². The van der Waals surface area contributed by atoms with Gasteiger partial charge in [-0.1, -0.05) is 35.3 Å². The Kier molecular flexibility index (Phi) is 4.07. The molecule has 23 heavy (non-hydrogen) atoms. The van der Waals surface area contributed by atoms with Crippen LogP contribution in [-0.2, 0) is 4.79 Å². The molecule has 0 aliphatic carbocycles. The molecule has 0 aliphatic heterocycles. The number of para-hydroxylation sites is 1. The van der Waals surface area contributed by atoms with E-state index in [1.807, 2.05) is 13.0 Å². The molecule has 3 aromatic rings. The van der Waals surface area contributed by atoms with Crippen molar-refractivity contribution in [2.24, 2.45) is 0 Å². The first-order valence-corrected chi connectivity index (χ1v) is 7.48. The number of aromatic nitrogens is 2. The summed E-state index contributed by atoms with van der Waals surface area (Å²) in [5.74, 6) is 0. The van der Waals surface area contributed by atoms with Gasteiger partial charge in [-0.2, -0.15) is 0 Å². The van der Waals surface area contributed by atoms with E-state index in [9.17, 15) is 4.79 Å². The van der Waals surface area contributed by atoms with Gasteiger partial charge in [-0.15, -0.1) is 0 Å². The van der Waals surface area contributed by atoms with E-state index in [1.165, 1.54) is 11.1 Å². The fourth-order valence-corrected chi connectivity index (χ4v) is 2.91. The minimum Gasteiger partial charge on any atom is -0.398 e. The average Bonchev–Trinajstić information content (AvgIpc) is 2.54. The molecule has 5 nitrogen and oxygen atoms in total. The van der Waals surface area contributed by atoms with Crippen LogP contribution in [-0.4, -0.2) is 16.4 Å². The molecular formula is C16H12Cl2N4O. The van der Waals surface area contributed by atoms with Crippen LogP contribution in [0.2, 0.25) is 10.2 Å². The molecule has 2 N–H and O–H groups in total. The lowest BCUT2D eigenvalue weighted by Crippen LogP contribution is -2.16. The van der Waals surface area contributed by atoms with Crippen molar-refractivity contribution in [2.75, 3.05) is 10.6 Å². The molecule has 0 bridgehead atoms. The van der Waals surface area contributed by atoms with E-state index in [0.29, 0.717) is 34.0 Å². The minimum absolute atomic E-state index is 0.127. The van der Waals surface area contributed by atoms with Crippen LogP contribution in [0.15, 0.2) is 36.7 Å². The van der Waals surface area contributed by atoms with Crippen molar-refractivity contribution in [3.8, 4) is 0 Å². The number of nitrogens with two attached hydrogens (primary N) is 1. The lowest BCUT2D eigenvalue weighted by Gasteiger charge is -2.21. The highest BCUT2D eigenvalue weighted by atomic mass is 35.5. The Balaban J connectivity index is 2.30. The monoisotopic (exact) mass is 346 g/mol. The molecule has 0 atom stereocenters. The number of pyridine rings is 2. The number of hydrogen-bond donors (Lipinski definition) is 1. The molecule has 7 heteroatoms. The fourth-order valence-electron chi connectivity index (χ4n) is 2.37. The largest absolute Gasteiger partial charge is 0.398 e. The van der Waals surface area contributed by atoms with Gasteiger partial charge in [0.15, 0.2) is 5.15 Å². The number of aryl methyl sites for hydroxylation is 1.